The van der Waals surface area contributed by atoms with Gasteiger partial charge in [0.2, 0.25) is 0 Å². The molecule has 0 spiro atoms. The first-order valence-corrected chi connectivity index (χ1v) is 5.61. The number of carbonyl (C=O) groups is 1. The first-order valence-electron chi connectivity index (χ1n) is 4.79. The van der Waals surface area contributed by atoms with Gasteiger partial charge in [0.1, 0.15) is 0 Å². The van der Waals surface area contributed by atoms with E-state index < -0.39 is 17.1 Å². The number of aromatic nitrogens is 2. The highest BCUT2D eigenvalue weighted by atomic mass is 32.1. The summed E-state index contributed by atoms with van der Waals surface area (Å²) in [6.07, 6.45) is 1.04. The van der Waals surface area contributed by atoms with E-state index in [1.54, 1.807) is 12.1 Å². The Bertz CT molecular complexity index is 803. The summed E-state index contributed by atoms with van der Waals surface area (Å²) in [4.78, 5) is 27.2. The van der Waals surface area contributed by atoms with Crippen molar-refractivity contribution in [2.45, 2.75) is 0 Å². The van der Waals surface area contributed by atoms with E-state index in [1.807, 2.05) is 12.1 Å². The van der Waals surface area contributed by atoms with Gasteiger partial charge in [0.25, 0.3) is 5.56 Å². The van der Waals surface area contributed by atoms with E-state index >= 15 is 0 Å². The second-order valence-corrected chi connectivity index (χ2v) is 4.46. The van der Waals surface area contributed by atoms with Crippen molar-refractivity contribution in [1.29, 1.82) is 0 Å². The molecule has 0 aliphatic heterocycles. The zero-order valence-corrected chi connectivity index (χ0v) is 9.23. The third-order valence-corrected chi connectivity index (χ3v) is 3.49. The molecular formula is C11H5N2O3S-. The number of nitrogens with zero attached hydrogens (tertiary/aromatic N) is 2. The van der Waals surface area contributed by atoms with Crippen LogP contribution in [0.3, 0.4) is 0 Å². The van der Waals surface area contributed by atoms with Crippen LogP contribution in [0.15, 0.2) is 35.3 Å². The Morgan fingerprint density at radius 1 is 1.35 bits per heavy atom. The van der Waals surface area contributed by atoms with Crippen molar-refractivity contribution in [1.82, 2.24) is 9.38 Å². The molecule has 5 nitrogen and oxygen atoms in total. The molecule has 6 heteroatoms. The average molecular weight is 245 g/mol. The molecule has 0 unspecified atom stereocenters. The van der Waals surface area contributed by atoms with Crippen LogP contribution in [-0.4, -0.2) is 15.4 Å². The molecule has 3 aromatic rings. The highest BCUT2D eigenvalue weighted by molar-refractivity contribution is 7.23. The third kappa shape index (κ3) is 1.34. The number of carbonyl (C=O) groups excluding carboxylic acids is 1. The van der Waals surface area contributed by atoms with E-state index in [-0.39, 0.29) is 0 Å². The standard InChI is InChI=1S/C11H6N2O3S/c14-9-6(10(15)16)5-12-11-13(9)7-3-1-2-4-8(7)17-11/h1-5H,(H,15,16)/p-1. The topological polar surface area (TPSA) is 74.5 Å². The second-order valence-electron chi connectivity index (χ2n) is 3.45. The molecule has 0 aliphatic rings. The lowest BCUT2D eigenvalue weighted by atomic mass is 10.3. The van der Waals surface area contributed by atoms with E-state index in [1.165, 1.54) is 15.7 Å². The van der Waals surface area contributed by atoms with Crippen molar-refractivity contribution in [3.8, 4) is 0 Å². The normalized spacial score (nSPS) is 11.1. The minimum Gasteiger partial charge on any atom is -0.545 e. The van der Waals surface area contributed by atoms with E-state index in [0.717, 1.165) is 10.9 Å². The number of thiazole rings is 1. The maximum Gasteiger partial charge on any atom is 0.268 e. The summed E-state index contributed by atoms with van der Waals surface area (Å²) >= 11 is 1.33. The SMILES string of the molecule is O=C([O-])c1cnc2sc3ccccc3n2c1=O. The van der Waals surface area contributed by atoms with Crippen LogP contribution in [0.1, 0.15) is 10.4 Å². The Hall–Kier alpha value is -2.21. The van der Waals surface area contributed by atoms with Crippen LogP contribution in [0.5, 0.6) is 0 Å². The van der Waals surface area contributed by atoms with Gasteiger partial charge in [-0.2, -0.15) is 0 Å². The molecule has 0 bridgehead atoms. The molecule has 0 atom stereocenters. The number of carboxylic acid groups (broad SMARTS) is 1. The van der Waals surface area contributed by atoms with Crippen LogP contribution >= 0.6 is 11.3 Å². The molecule has 0 aliphatic carbocycles. The maximum absolute atomic E-state index is 12.0. The number of rotatable bonds is 1. The van der Waals surface area contributed by atoms with Crippen molar-refractivity contribution in [2.24, 2.45) is 0 Å². The molecule has 0 saturated carbocycles. The predicted octanol–water partition coefficient (Wildman–Crippen LogP) is 0.273. The number of benzene rings is 1. The van der Waals surface area contributed by atoms with Crippen LogP contribution < -0.4 is 10.7 Å². The molecule has 3 rings (SSSR count). The van der Waals surface area contributed by atoms with Gasteiger partial charge in [-0.05, 0) is 12.1 Å². The minimum absolute atomic E-state index is 0.425. The molecule has 1 aromatic carbocycles. The van der Waals surface area contributed by atoms with Gasteiger partial charge in [0.05, 0.1) is 21.7 Å². The molecule has 2 aromatic heterocycles. The fourth-order valence-corrected chi connectivity index (χ4v) is 2.68. The van der Waals surface area contributed by atoms with Gasteiger partial charge in [-0.15, -0.1) is 0 Å². The van der Waals surface area contributed by atoms with E-state index in [0.29, 0.717) is 10.5 Å². The average Bonchev–Trinajstić information content (AvgIpc) is 2.67. The van der Waals surface area contributed by atoms with E-state index in [4.69, 9.17) is 0 Å². The lowest BCUT2D eigenvalue weighted by Crippen LogP contribution is -2.31. The fraction of sp³-hybridized carbons (Fsp3) is 0. The van der Waals surface area contributed by atoms with Crippen molar-refractivity contribution in [3.05, 3.63) is 46.4 Å². The molecule has 0 fully saturated rings. The summed E-state index contributed by atoms with van der Waals surface area (Å²) in [6, 6.07) is 7.24. The van der Waals surface area contributed by atoms with Gasteiger partial charge in [0, 0.05) is 6.20 Å². The monoisotopic (exact) mass is 245 g/mol. The van der Waals surface area contributed by atoms with Crippen molar-refractivity contribution in [2.75, 3.05) is 0 Å². The first kappa shape index (κ1) is 9.98. The Morgan fingerprint density at radius 3 is 2.88 bits per heavy atom. The van der Waals surface area contributed by atoms with Gasteiger partial charge in [-0.1, -0.05) is 23.5 Å². The van der Waals surface area contributed by atoms with Gasteiger partial charge in [-0.3, -0.25) is 9.20 Å². The summed E-state index contributed by atoms with van der Waals surface area (Å²) in [5.74, 6) is -1.51. The molecular weight excluding hydrogens is 240 g/mol. The number of hydrogen-bond acceptors (Lipinski definition) is 5. The third-order valence-electron chi connectivity index (χ3n) is 2.46. The Labute approximate surface area is 98.6 Å². The highest BCUT2D eigenvalue weighted by Crippen LogP contribution is 2.22. The van der Waals surface area contributed by atoms with Crippen molar-refractivity contribution in [3.63, 3.8) is 0 Å². The van der Waals surface area contributed by atoms with Crippen molar-refractivity contribution >= 4 is 32.5 Å². The lowest BCUT2D eigenvalue weighted by Gasteiger charge is -2.01. The lowest BCUT2D eigenvalue weighted by molar-refractivity contribution is -0.255. The second kappa shape index (κ2) is 3.39. The summed E-state index contributed by atoms with van der Waals surface area (Å²) in [5, 5.41) is 10.8. The molecule has 0 saturated heterocycles. The largest absolute Gasteiger partial charge is 0.545 e. The Balaban J connectivity index is 2.57. The fourth-order valence-electron chi connectivity index (χ4n) is 1.69. The minimum atomic E-state index is -1.51. The highest BCUT2D eigenvalue weighted by Gasteiger charge is 2.10. The molecule has 2 heterocycles. The molecule has 0 N–H and O–H groups in total. The summed E-state index contributed by atoms with van der Waals surface area (Å²) in [7, 11) is 0. The molecule has 84 valence electrons. The molecule has 0 amide bonds. The predicted molar refractivity (Wildman–Crippen MR) is 61.2 cm³/mol. The van der Waals surface area contributed by atoms with Crippen LogP contribution in [0, 0.1) is 0 Å². The zero-order valence-electron chi connectivity index (χ0n) is 8.41. The zero-order chi connectivity index (χ0) is 12.0. The van der Waals surface area contributed by atoms with E-state index in [9.17, 15) is 14.7 Å². The number of para-hydroxylation sites is 1. The number of fused-ring (bicyclic) bond motifs is 3. The van der Waals surface area contributed by atoms with Crippen molar-refractivity contribution < 1.29 is 9.90 Å². The van der Waals surface area contributed by atoms with Gasteiger partial charge < -0.3 is 9.90 Å². The maximum atomic E-state index is 12.0. The molecule has 0 radical (unpaired) electrons. The van der Waals surface area contributed by atoms with Gasteiger partial charge in [0.15, 0.2) is 4.96 Å². The van der Waals surface area contributed by atoms with Crippen LogP contribution in [0.4, 0.5) is 0 Å². The van der Waals surface area contributed by atoms with Crippen LogP contribution in [-0.2, 0) is 0 Å². The number of hydrogen-bond donors (Lipinski definition) is 0. The van der Waals surface area contributed by atoms with Crippen LogP contribution in [0.25, 0.3) is 15.2 Å². The van der Waals surface area contributed by atoms with Gasteiger partial charge in [-0.25, -0.2) is 4.98 Å². The van der Waals surface area contributed by atoms with Gasteiger partial charge >= 0.3 is 0 Å². The quantitative estimate of drug-likeness (QED) is 0.617. The van der Waals surface area contributed by atoms with E-state index in [2.05, 4.69) is 4.98 Å². The number of aromatic carboxylic acids is 1. The summed E-state index contributed by atoms with van der Waals surface area (Å²) < 4.78 is 2.18. The summed E-state index contributed by atoms with van der Waals surface area (Å²) in [6.45, 7) is 0. The smallest absolute Gasteiger partial charge is 0.268 e. The Kier molecular flexibility index (Phi) is 1.99. The number of carboxylic acids is 1. The molecule has 17 heavy (non-hydrogen) atoms. The first-order chi connectivity index (χ1) is 8.18. The Morgan fingerprint density at radius 2 is 2.12 bits per heavy atom. The van der Waals surface area contributed by atoms with Crippen LogP contribution in [0.2, 0.25) is 0 Å². The summed E-state index contributed by atoms with van der Waals surface area (Å²) in [5.41, 5.74) is -0.369.